The molecule has 3 N–H and O–H groups in total. The zero-order valence-corrected chi connectivity index (χ0v) is 16.2. The Kier molecular flexibility index (Phi) is 5.36. The highest BCUT2D eigenvalue weighted by atomic mass is 32.2. The van der Waals surface area contributed by atoms with Crippen molar-refractivity contribution < 1.29 is 22.9 Å². The number of sulfonamides is 1. The Bertz CT molecular complexity index is 1120. The zero-order valence-electron chi connectivity index (χ0n) is 15.4. The number of nitrogens with one attached hydrogen (secondary N) is 1. The third-order valence-electron chi connectivity index (χ3n) is 4.62. The number of anilines is 2. The average molecular weight is 418 g/mol. The van der Waals surface area contributed by atoms with Crippen molar-refractivity contribution in [3.05, 3.63) is 58.1 Å². The second kappa shape index (κ2) is 7.60. The summed E-state index contributed by atoms with van der Waals surface area (Å²) in [5.41, 5.74) is 1.15. The van der Waals surface area contributed by atoms with Crippen molar-refractivity contribution in [2.24, 2.45) is 11.1 Å². The Hall–Kier alpha value is -3.31. The van der Waals surface area contributed by atoms with Gasteiger partial charge in [-0.15, -0.1) is 0 Å². The van der Waals surface area contributed by atoms with Gasteiger partial charge in [0.25, 0.3) is 5.69 Å². The molecule has 1 unspecified atom stereocenters. The number of amides is 2. The van der Waals surface area contributed by atoms with Crippen LogP contribution >= 0.6 is 0 Å². The van der Waals surface area contributed by atoms with Gasteiger partial charge in [0, 0.05) is 30.8 Å². The number of primary sulfonamides is 1. The van der Waals surface area contributed by atoms with E-state index in [9.17, 15) is 28.1 Å². The first-order valence-electron chi connectivity index (χ1n) is 8.55. The van der Waals surface area contributed by atoms with E-state index >= 15 is 0 Å². The minimum Gasteiger partial charge on any atom is -0.326 e. The lowest BCUT2D eigenvalue weighted by molar-refractivity contribution is -0.384. The first-order valence-corrected chi connectivity index (χ1v) is 10.1. The fraction of sp³-hybridized carbons (Fsp3) is 0.222. The van der Waals surface area contributed by atoms with Gasteiger partial charge in [0.05, 0.1) is 21.4 Å². The number of nitrogens with two attached hydrogens (primary N) is 1. The van der Waals surface area contributed by atoms with E-state index in [-0.39, 0.29) is 35.1 Å². The van der Waals surface area contributed by atoms with Crippen LogP contribution in [0.1, 0.15) is 12.0 Å². The van der Waals surface area contributed by atoms with Crippen molar-refractivity contribution in [2.75, 3.05) is 16.8 Å². The van der Waals surface area contributed by atoms with Crippen molar-refractivity contribution in [3.63, 3.8) is 0 Å². The molecule has 1 saturated heterocycles. The predicted molar refractivity (Wildman–Crippen MR) is 105 cm³/mol. The summed E-state index contributed by atoms with van der Waals surface area (Å²) in [6.07, 6.45) is -0.0666. The van der Waals surface area contributed by atoms with Gasteiger partial charge in [-0.05, 0) is 30.7 Å². The van der Waals surface area contributed by atoms with Gasteiger partial charge in [0.2, 0.25) is 21.8 Å². The monoisotopic (exact) mass is 418 g/mol. The summed E-state index contributed by atoms with van der Waals surface area (Å²) in [7, 11) is -3.92. The van der Waals surface area contributed by atoms with Gasteiger partial charge < -0.3 is 10.2 Å². The number of benzene rings is 2. The topological polar surface area (TPSA) is 153 Å². The molecule has 10 nitrogen and oxygen atoms in total. The minimum absolute atomic E-state index is 0.0571. The lowest BCUT2D eigenvalue weighted by Gasteiger charge is -2.19. The van der Waals surface area contributed by atoms with Crippen LogP contribution in [0.5, 0.6) is 0 Å². The number of hydrogen-bond acceptors (Lipinski definition) is 6. The van der Waals surface area contributed by atoms with Crippen LogP contribution in [0.4, 0.5) is 17.1 Å². The van der Waals surface area contributed by atoms with E-state index in [1.54, 1.807) is 13.0 Å². The summed E-state index contributed by atoms with van der Waals surface area (Å²) in [4.78, 5) is 36.7. The molecule has 0 radical (unpaired) electrons. The number of carbonyl (C=O) groups excluding carboxylic acids is 2. The number of carbonyl (C=O) groups is 2. The number of hydrogen-bond donors (Lipinski definition) is 2. The van der Waals surface area contributed by atoms with Crippen LogP contribution in [0.15, 0.2) is 47.4 Å². The summed E-state index contributed by atoms with van der Waals surface area (Å²) >= 11 is 0. The number of aryl methyl sites for hydroxylation is 1. The maximum absolute atomic E-state index is 12.6. The van der Waals surface area contributed by atoms with E-state index < -0.39 is 26.8 Å². The molecule has 2 aromatic rings. The fourth-order valence-corrected chi connectivity index (χ4v) is 3.67. The van der Waals surface area contributed by atoms with Crippen LogP contribution in [0.3, 0.4) is 0 Å². The minimum atomic E-state index is -3.92. The summed E-state index contributed by atoms with van der Waals surface area (Å²) in [6.45, 7) is 1.78. The molecule has 0 bridgehead atoms. The fourth-order valence-electron chi connectivity index (χ4n) is 3.11. The first kappa shape index (κ1) is 20.4. The van der Waals surface area contributed by atoms with E-state index in [0.717, 1.165) is 0 Å². The molecule has 2 aromatic carbocycles. The van der Waals surface area contributed by atoms with Gasteiger partial charge in [-0.1, -0.05) is 12.1 Å². The van der Waals surface area contributed by atoms with E-state index in [1.807, 2.05) is 0 Å². The van der Waals surface area contributed by atoms with E-state index in [2.05, 4.69) is 5.32 Å². The van der Waals surface area contributed by atoms with Crippen molar-refractivity contribution in [1.82, 2.24) is 0 Å². The molecule has 3 rings (SSSR count). The van der Waals surface area contributed by atoms with Crippen molar-refractivity contribution in [3.8, 4) is 0 Å². The molecule has 152 valence electrons. The summed E-state index contributed by atoms with van der Waals surface area (Å²) in [5, 5.41) is 18.7. The normalized spacial score (nSPS) is 16.7. The highest BCUT2D eigenvalue weighted by Gasteiger charge is 2.36. The molecule has 11 heteroatoms. The third-order valence-corrected chi connectivity index (χ3v) is 5.53. The standard InChI is InChI=1S/C18H18N4O6S/c1-11-5-6-14(22(25)26)9-16(11)21-10-12(7-17(21)23)18(24)20-13-3-2-4-15(8-13)29(19,27)28/h2-6,8-9,12H,7,10H2,1H3,(H,20,24)(H2,19,27,28). The highest BCUT2D eigenvalue weighted by Crippen LogP contribution is 2.31. The average Bonchev–Trinajstić information content (AvgIpc) is 3.03. The molecule has 0 saturated carbocycles. The van der Waals surface area contributed by atoms with Crippen molar-refractivity contribution in [2.45, 2.75) is 18.2 Å². The molecule has 1 heterocycles. The quantitative estimate of drug-likeness (QED) is 0.555. The predicted octanol–water partition coefficient (Wildman–Crippen LogP) is 1.54. The summed E-state index contributed by atoms with van der Waals surface area (Å²) in [6, 6.07) is 9.68. The van der Waals surface area contributed by atoms with Crippen LogP contribution < -0.4 is 15.4 Å². The van der Waals surface area contributed by atoms with Crippen LogP contribution in [-0.4, -0.2) is 31.7 Å². The Morgan fingerprint density at radius 3 is 2.66 bits per heavy atom. The number of non-ortho nitro benzene ring substituents is 1. The second-order valence-electron chi connectivity index (χ2n) is 6.70. The van der Waals surface area contributed by atoms with Gasteiger partial charge >= 0.3 is 0 Å². The zero-order chi connectivity index (χ0) is 21.3. The van der Waals surface area contributed by atoms with Crippen LogP contribution in [0, 0.1) is 23.0 Å². The van der Waals surface area contributed by atoms with E-state index in [0.29, 0.717) is 11.3 Å². The number of nitro groups is 1. The maximum Gasteiger partial charge on any atom is 0.271 e. The summed E-state index contributed by atoms with van der Waals surface area (Å²) in [5.74, 6) is -1.48. The Morgan fingerprint density at radius 1 is 1.28 bits per heavy atom. The van der Waals surface area contributed by atoms with Crippen LogP contribution in [-0.2, 0) is 19.6 Å². The Labute approximate surface area is 166 Å². The van der Waals surface area contributed by atoms with E-state index in [4.69, 9.17) is 5.14 Å². The number of nitro benzene ring substituents is 1. The SMILES string of the molecule is Cc1ccc([N+](=O)[O-])cc1N1CC(C(=O)Nc2cccc(S(N)(=O)=O)c2)CC1=O. The Morgan fingerprint density at radius 2 is 2.00 bits per heavy atom. The largest absolute Gasteiger partial charge is 0.326 e. The molecule has 0 aromatic heterocycles. The van der Waals surface area contributed by atoms with Crippen molar-refractivity contribution >= 4 is 38.9 Å². The van der Waals surface area contributed by atoms with Gasteiger partial charge in [-0.2, -0.15) is 0 Å². The molecule has 2 amide bonds. The molecule has 1 aliphatic rings. The molecular formula is C18H18N4O6S. The van der Waals surface area contributed by atoms with Gasteiger partial charge in [0.1, 0.15) is 0 Å². The molecular weight excluding hydrogens is 400 g/mol. The lowest BCUT2D eigenvalue weighted by atomic mass is 10.1. The first-order chi connectivity index (χ1) is 13.6. The Balaban J connectivity index is 1.78. The van der Waals surface area contributed by atoms with Gasteiger partial charge in [-0.25, -0.2) is 13.6 Å². The molecule has 29 heavy (non-hydrogen) atoms. The maximum atomic E-state index is 12.6. The molecule has 0 aliphatic carbocycles. The molecule has 1 fully saturated rings. The highest BCUT2D eigenvalue weighted by molar-refractivity contribution is 7.89. The van der Waals surface area contributed by atoms with Gasteiger partial charge in [-0.3, -0.25) is 19.7 Å². The molecule has 1 aliphatic heterocycles. The van der Waals surface area contributed by atoms with Crippen LogP contribution in [0.25, 0.3) is 0 Å². The van der Waals surface area contributed by atoms with Crippen LogP contribution in [0.2, 0.25) is 0 Å². The third kappa shape index (κ3) is 4.41. The smallest absolute Gasteiger partial charge is 0.271 e. The molecule has 1 atom stereocenters. The number of rotatable bonds is 5. The number of nitrogens with zero attached hydrogens (tertiary/aromatic N) is 2. The second-order valence-corrected chi connectivity index (χ2v) is 8.26. The van der Waals surface area contributed by atoms with E-state index in [1.165, 1.54) is 41.3 Å². The van der Waals surface area contributed by atoms with Crippen molar-refractivity contribution in [1.29, 1.82) is 0 Å². The molecule has 0 spiro atoms. The summed E-state index contributed by atoms with van der Waals surface area (Å²) < 4.78 is 22.9. The van der Waals surface area contributed by atoms with Gasteiger partial charge in [0.15, 0.2) is 0 Å². The lowest BCUT2D eigenvalue weighted by Crippen LogP contribution is -2.28.